The number of nitrogens with one attached hydrogen (secondary N) is 1. The molecule has 1 N–H and O–H groups in total. The van der Waals surface area contributed by atoms with Gasteiger partial charge in [-0.3, -0.25) is 0 Å². The zero-order valence-corrected chi connectivity index (χ0v) is 14.9. The molecule has 4 nitrogen and oxygen atoms in total. The lowest BCUT2D eigenvalue weighted by atomic mass is 9.80. The van der Waals surface area contributed by atoms with E-state index in [1.54, 1.807) is 0 Å². The molecule has 3 rings (SSSR count). The summed E-state index contributed by atoms with van der Waals surface area (Å²) in [6.45, 7) is 8.29. The Bertz CT molecular complexity index is 506. The average Bonchev–Trinajstić information content (AvgIpc) is 2.67. The monoisotopic (exact) mass is 316 g/mol. The van der Waals surface area contributed by atoms with Crippen LogP contribution in [0.25, 0.3) is 0 Å². The number of anilines is 1. The molecule has 0 radical (unpaired) electrons. The Balaban J connectivity index is 1.63. The van der Waals surface area contributed by atoms with Crippen LogP contribution in [-0.4, -0.2) is 29.3 Å². The Morgan fingerprint density at radius 1 is 1.00 bits per heavy atom. The Morgan fingerprint density at radius 3 is 2.13 bits per heavy atom. The standard InChI is InChI=1S/C18H29BN2O2/c1-17(2)18(3,4)23-19(22-17)14-11-12-16(20-13-14)21-15-9-7-5-6-8-10-15/h11-13,15H,5-10H2,1-4H3,(H,20,21). The minimum absolute atomic E-state index is 0.311. The summed E-state index contributed by atoms with van der Waals surface area (Å²) in [4.78, 5) is 4.57. The van der Waals surface area contributed by atoms with Crippen molar-refractivity contribution in [3.8, 4) is 0 Å². The summed E-state index contributed by atoms with van der Waals surface area (Å²) < 4.78 is 12.1. The largest absolute Gasteiger partial charge is 0.496 e. The van der Waals surface area contributed by atoms with Crippen molar-refractivity contribution < 1.29 is 9.31 Å². The first kappa shape index (κ1) is 16.8. The molecule has 1 aliphatic carbocycles. The summed E-state index contributed by atoms with van der Waals surface area (Å²) >= 11 is 0. The van der Waals surface area contributed by atoms with Crippen LogP contribution in [-0.2, 0) is 9.31 Å². The van der Waals surface area contributed by atoms with E-state index < -0.39 is 0 Å². The second-order valence-electron chi connectivity index (χ2n) is 7.90. The molecule has 2 heterocycles. The maximum Gasteiger partial charge on any atom is 0.496 e. The third kappa shape index (κ3) is 3.72. The third-order valence-electron chi connectivity index (χ3n) is 5.52. The predicted octanol–water partition coefficient (Wildman–Crippen LogP) is 3.52. The van der Waals surface area contributed by atoms with Gasteiger partial charge >= 0.3 is 7.12 Å². The minimum Gasteiger partial charge on any atom is -0.399 e. The molecule has 1 aromatic rings. The van der Waals surface area contributed by atoms with E-state index in [0.29, 0.717) is 6.04 Å². The van der Waals surface area contributed by atoms with Gasteiger partial charge in [0.1, 0.15) is 5.82 Å². The molecule has 0 unspecified atom stereocenters. The molecule has 0 amide bonds. The topological polar surface area (TPSA) is 43.4 Å². The van der Waals surface area contributed by atoms with Crippen LogP contribution in [0, 0.1) is 0 Å². The molecule has 5 heteroatoms. The van der Waals surface area contributed by atoms with E-state index in [9.17, 15) is 0 Å². The lowest BCUT2D eigenvalue weighted by molar-refractivity contribution is 0.00578. The zero-order chi connectivity index (χ0) is 16.5. The van der Waals surface area contributed by atoms with Gasteiger partial charge < -0.3 is 14.6 Å². The summed E-state index contributed by atoms with van der Waals surface area (Å²) in [6.07, 6.45) is 9.76. The van der Waals surface area contributed by atoms with Gasteiger partial charge in [0.2, 0.25) is 0 Å². The maximum atomic E-state index is 6.07. The molecule has 0 bridgehead atoms. The Hall–Kier alpha value is -1.07. The summed E-state index contributed by atoms with van der Waals surface area (Å²) in [6, 6.07) is 4.67. The Kier molecular flexibility index (Phi) is 4.70. The number of pyridine rings is 1. The van der Waals surface area contributed by atoms with E-state index in [0.717, 1.165) is 11.3 Å². The molecule has 1 aromatic heterocycles. The van der Waals surface area contributed by atoms with Crippen LogP contribution in [0.15, 0.2) is 18.3 Å². The van der Waals surface area contributed by atoms with Crippen molar-refractivity contribution in [1.29, 1.82) is 0 Å². The van der Waals surface area contributed by atoms with Crippen molar-refractivity contribution in [3.63, 3.8) is 0 Å². The van der Waals surface area contributed by atoms with Crippen molar-refractivity contribution >= 4 is 18.4 Å². The fourth-order valence-electron chi connectivity index (χ4n) is 3.24. The minimum atomic E-state index is -0.334. The van der Waals surface area contributed by atoms with Crippen LogP contribution in [0.1, 0.15) is 66.2 Å². The van der Waals surface area contributed by atoms with Gasteiger partial charge in [-0.15, -0.1) is 0 Å². The molecule has 2 aliphatic rings. The molecular weight excluding hydrogens is 287 g/mol. The van der Waals surface area contributed by atoms with Gasteiger partial charge in [0.05, 0.1) is 11.2 Å². The van der Waals surface area contributed by atoms with Gasteiger partial charge in [-0.1, -0.05) is 31.7 Å². The molecule has 1 aliphatic heterocycles. The third-order valence-corrected chi connectivity index (χ3v) is 5.52. The summed E-state index contributed by atoms with van der Waals surface area (Å²) in [7, 11) is -0.334. The lowest BCUT2D eigenvalue weighted by Crippen LogP contribution is -2.41. The molecule has 2 fully saturated rings. The van der Waals surface area contributed by atoms with Crippen molar-refractivity contribution in [1.82, 2.24) is 4.98 Å². The normalized spacial score (nSPS) is 24.4. The van der Waals surface area contributed by atoms with Crippen molar-refractivity contribution in [2.24, 2.45) is 0 Å². The SMILES string of the molecule is CC1(C)OB(c2ccc(NC3CCCCCC3)nc2)OC1(C)C. The summed E-state index contributed by atoms with van der Waals surface area (Å²) in [5, 5.41) is 3.58. The number of aromatic nitrogens is 1. The van der Waals surface area contributed by atoms with Crippen LogP contribution in [0.3, 0.4) is 0 Å². The van der Waals surface area contributed by atoms with Crippen molar-refractivity contribution in [2.75, 3.05) is 5.32 Å². The van der Waals surface area contributed by atoms with Crippen molar-refractivity contribution in [3.05, 3.63) is 18.3 Å². The fraction of sp³-hybridized carbons (Fsp3) is 0.722. The van der Waals surface area contributed by atoms with Crippen LogP contribution in [0.4, 0.5) is 5.82 Å². The molecule has 0 atom stereocenters. The Labute approximate surface area is 140 Å². The van der Waals surface area contributed by atoms with Gasteiger partial charge in [-0.25, -0.2) is 4.98 Å². The smallest absolute Gasteiger partial charge is 0.399 e. The highest BCUT2D eigenvalue weighted by molar-refractivity contribution is 6.62. The van der Waals surface area contributed by atoms with Crippen LogP contribution >= 0.6 is 0 Å². The summed E-state index contributed by atoms with van der Waals surface area (Å²) in [5.74, 6) is 0.956. The van der Waals surface area contributed by atoms with Gasteiger partial charge in [-0.2, -0.15) is 0 Å². The number of hydrogen-bond acceptors (Lipinski definition) is 4. The lowest BCUT2D eigenvalue weighted by Gasteiger charge is -2.32. The van der Waals surface area contributed by atoms with Crippen LogP contribution < -0.4 is 10.8 Å². The van der Waals surface area contributed by atoms with Gasteiger partial charge in [0.25, 0.3) is 0 Å². The van der Waals surface area contributed by atoms with Gasteiger partial charge in [0.15, 0.2) is 0 Å². The second kappa shape index (κ2) is 6.44. The number of rotatable bonds is 3. The van der Waals surface area contributed by atoms with Gasteiger partial charge in [-0.05, 0) is 46.6 Å². The fourth-order valence-corrected chi connectivity index (χ4v) is 3.24. The van der Waals surface area contributed by atoms with E-state index in [4.69, 9.17) is 9.31 Å². The van der Waals surface area contributed by atoms with Crippen LogP contribution in [0.2, 0.25) is 0 Å². The van der Waals surface area contributed by atoms with E-state index in [-0.39, 0.29) is 18.3 Å². The molecule has 1 saturated carbocycles. The second-order valence-corrected chi connectivity index (χ2v) is 7.90. The van der Waals surface area contributed by atoms with E-state index >= 15 is 0 Å². The highest BCUT2D eigenvalue weighted by Gasteiger charge is 2.51. The highest BCUT2D eigenvalue weighted by Crippen LogP contribution is 2.36. The molecule has 0 spiro atoms. The number of nitrogens with zero attached hydrogens (tertiary/aromatic N) is 1. The van der Waals surface area contributed by atoms with E-state index in [1.165, 1.54) is 38.5 Å². The van der Waals surface area contributed by atoms with E-state index in [1.807, 2.05) is 12.3 Å². The quantitative estimate of drug-likeness (QED) is 0.684. The predicted molar refractivity (Wildman–Crippen MR) is 95.1 cm³/mol. The molecule has 126 valence electrons. The summed E-state index contributed by atoms with van der Waals surface area (Å²) in [5.41, 5.74) is 0.360. The molecule has 23 heavy (non-hydrogen) atoms. The first-order chi connectivity index (χ1) is 10.9. The van der Waals surface area contributed by atoms with Crippen molar-refractivity contribution in [2.45, 2.75) is 83.5 Å². The Morgan fingerprint density at radius 2 is 1.61 bits per heavy atom. The first-order valence-electron chi connectivity index (χ1n) is 8.95. The number of hydrogen-bond donors (Lipinski definition) is 1. The zero-order valence-electron chi connectivity index (χ0n) is 14.9. The van der Waals surface area contributed by atoms with Gasteiger partial charge in [0, 0.05) is 17.7 Å². The molecule has 0 aromatic carbocycles. The highest BCUT2D eigenvalue weighted by atomic mass is 16.7. The van der Waals surface area contributed by atoms with E-state index in [2.05, 4.69) is 44.1 Å². The average molecular weight is 316 g/mol. The maximum absolute atomic E-state index is 6.07. The first-order valence-corrected chi connectivity index (χ1v) is 8.95. The molecular formula is C18H29BN2O2. The molecule has 1 saturated heterocycles. The van der Waals surface area contributed by atoms with Crippen LogP contribution in [0.5, 0.6) is 0 Å².